The molecule has 0 spiro atoms. The molecule has 0 N–H and O–H groups in total. The first kappa shape index (κ1) is 22.1. The Labute approximate surface area is 177 Å². The summed E-state index contributed by atoms with van der Waals surface area (Å²) in [6, 6.07) is 10.0. The number of ketones is 1. The number of benzene rings is 2. The highest BCUT2D eigenvalue weighted by Crippen LogP contribution is 2.77. The summed E-state index contributed by atoms with van der Waals surface area (Å²) in [6.45, 7) is 1.65. The van der Waals surface area contributed by atoms with Crippen LogP contribution in [0.4, 0.5) is 10.1 Å². The third-order valence-electron chi connectivity index (χ3n) is 6.07. The predicted octanol–water partition coefficient (Wildman–Crippen LogP) is 3.44. The second-order valence-corrected chi connectivity index (χ2v) is 7.23. The lowest BCUT2D eigenvalue weighted by atomic mass is 9.83. The third-order valence-corrected chi connectivity index (χ3v) is 6.07. The number of rotatable bonds is 7. The van der Waals surface area contributed by atoms with Gasteiger partial charge in [0.15, 0.2) is 11.2 Å². The maximum atomic E-state index is 13.6. The number of hydrogen-bond donors (Lipinski definition) is 0. The number of ether oxygens (including phenoxy) is 2. The number of nitro benzene ring substituents is 1. The van der Waals surface area contributed by atoms with Crippen LogP contribution in [0.1, 0.15) is 35.2 Å². The van der Waals surface area contributed by atoms with E-state index in [1.165, 1.54) is 36.4 Å². The summed E-state index contributed by atoms with van der Waals surface area (Å²) < 4.78 is 23.2. The van der Waals surface area contributed by atoms with Gasteiger partial charge in [-0.2, -0.15) is 0 Å². The molecule has 3 rings (SSSR count). The number of Topliss-reactive ketones (excluding diaryl/α,β-unsaturated/α-hetero) is 1. The fraction of sp³-hybridized carbons (Fsp3) is 0.318. The van der Waals surface area contributed by atoms with Gasteiger partial charge in [0.2, 0.25) is 0 Å². The molecule has 0 radical (unpaired) electrons. The van der Waals surface area contributed by atoms with Gasteiger partial charge in [-0.05, 0) is 36.2 Å². The molecule has 0 heterocycles. The number of nitro groups is 1. The van der Waals surface area contributed by atoms with Crippen LogP contribution in [0.5, 0.6) is 0 Å². The Balaban J connectivity index is 2.24. The lowest BCUT2D eigenvalue weighted by Crippen LogP contribution is -2.37. The molecular formula is C22H20FNO7. The summed E-state index contributed by atoms with van der Waals surface area (Å²) >= 11 is 0. The number of hydrogen-bond acceptors (Lipinski definition) is 7. The van der Waals surface area contributed by atoms with Crippen LogP contribution in [0.3, 0.4) is 0 Å². The van der Waals surface area contributed by atoms with E-state index in [2.05, 4.69) is 0 Å². The Hall–Kier alpha value is -3.62. The van der Waals surface area contributed by atoms with Crippen LogP contribution in [0, 0.1) is 26.8 Å². The average Bonchev–Trinajstić information content (AvgIpc) is 3.43. The molecule has 2 atom stereocenters. The summed E-state index contributed by atoms with van der Waals surface area (Å²) in [5.74, 6) is -3.96. The quantitative estimate of drug-likeness (QED) is 0.218. The molecule has 9 heteroatoms. The maximum Gasteiger partial charge on any atom is 0.324 e. The van der Waals surface area contributed by atoms with Gasteiger partial charge in [-0.25, -0.2) is 4.39 Å². The summed E-state index contributed by atoms with van der Waals surface area (Å²) in [6.07, 6.45) is 0.0645. The van der Waals surface area contributed by atoms with E-state index in [1.807, 2.05) is 0 Å². The van der Waals surface area contributed by atoms with E-state index in [4.69, 9.17) is 9.47 Å². The molecule has 8 nitrogen and oxygen atoms in total. The van der Waals surface area contributed by atoms with Gasteiger partial charge < -0.3 is 9.47 Å². The zero-order valence-electron chi connectivity index (χ0n) is 17.1. The Morgan fingerprint density at radius 3 is 1.94 bits per heavy atom. The average molecular weight is 429 g/mol. The van der Waals surface area contributed by atoms with Gasteiger partial charge in [0.25, 0.3) is 5.69 Å². The molecule has 0 bridgehead atoms. The Bertz CT molecular complexity index is 1030. The van der Waals surface area contributed by atoms with E-state index < -0.39 is 45.2 Å². The van der Waals surface area contributed by atoms with Crippen molar-refractivity contribution in [2.75, 3.05) is 14.2 Å². The van der Waals surface area contributed by atoms with Gasteiger partial charge in [0, 0.05) is 23.6 Å². The topological polar surface area (TPSA) is 113 Å². The first-order chi connectivity index (χ1) is 14.7. The summed E-state index contributed by atoms with van der Waals surface area (Å²) in [7, 11) is 2.20. The summed E-state index contributed by atoms with van der Waals surface area (Å²) in [5.41, 5.74) is -3.24. The second kappa shape index (κ2) is 7.90. The van der Waals surface area contributed by atoms with Gasteiger partial charge in [-0.15, -0.1) is 0 Å². The largest absolute Gasteiger partial charge is 0.468 e. The zero-order chi connectivity index (χ0) is 23.0. The number of esters is 2. The Morgan fingerprint density at radius 2 is 1.52 bits per heavy atom. The van der Waals surface area contributed by atoms with Gasteiger partial charge >= 0.3 is 11.9 Å². The molecule has 1 aliphatic rings. The van der Waals surface area contributed by atoms with Gasteiger partial charge in [0.05, 0.1) is 24.6 Å². The van der Waals surface area contributed by atoms with Crippen LogP contribution in [-0.2, 0) is 19.1 Å². The van der Waals surface area contributed by atoms with Crippen molar-refractivity contribution < 1.29 is 33.2 Å². The third kappa shape index (κ3) is 2.99. The molecule has 2 aromatic rings. The lowest BCUT2D eigenvalue weighted by Gasteiger charge is -2.20. The van der Waals surface area contributed by atoms with Crippen molar-refractivity contribution in [3.63, 3.8) is 0 Å². The molecule has 0 aromatic heterocycles. The van der Waals surface area contributed by atoms with Crippen molar-refractivity contribution in [2.24, 2.45) is 10.8 Å². The molecule has 2 aromatic carbocycles. The first-order valence-electron chi connectivity index (χ1n) is 9.43. The first-order valence-corrected chi connectivity index (χ1v) is 9.43. The molecule has 1 aliphatic carbocycles. The Morgan fingerprint density at radius 1 is 1.00 bits per heavy atom. The fourth-order valence-corrected chi connectivity index (χ4v) is 4.68. The van der Waals surface area contributed by atoms with Crippen molar-refractivity contribution in [1.82, 2.24) is 0 Å². The van der Waals surface area contributed by atoms with Gasteiger partial charge in [-0.1, -0.05) is 19.1 Å². The van der Waals surface area contributed by atoms with E-state index in [9.17, 15) is 28.9 Å². The number of halogens is 1. The smallest absolute Gasteiger partial charge is 0.324 e. The van der Waals surface area contributed by atoms with Crippen LogP contribution in [0.25, 0.3) is 0 Å². The minimum atomic E-state index is -1.98. The molecule has 1 saturated carbocycles. The molecule has 0 unspecified atom stereocenters. The fourth-order valence-electron chi connectivity index (χ4n) is 4.68. The van der Waals surface area contributed by atoms with Crippen LogP contribution in [-0.4, -0.2) is 36.9 Å². The lowest BCUT2D eigenvalue weighted by molar-refractivity contribution is -0.384. The highest BCUT2D eigenvalue weighted by Gasteiger charge is 2.88. The van der Waals surface area contributed by atoms with Crippen molar-refractivity contribution in [3.8, 4) is 0 Å². The predicted molar refractivity (Wildman–Crippen MR) is 106 cm³/mol. The van der Waals surface area contributed by atoms with Crippen molar-refractivity contribution in [1.29, 1.82) is 0 Å². The molecule has 0 aliphatic heterocycles. The van der Waals surface area contributed by atoms with Crippen LogP contribution in [0.2, 0.25) is 0 Å². The number of carbonyl (C=O) groups is 3. The SMILES string of the molecule is CC[C@@]1(C(=O)c2ccc(F)cc2)[C@H](c2ccc([N+](=O)[O-])cc2)C1(C(=O)OC)C(=O)OC. The highest BCUT2D eigenvalue weighted by atomic mass is 19.1. The molecule has 0 amide bonds. The van der Waals surface area contributed by atoms with E-state index >= 15 is 0 Å². The standard InChI is InChI=1S/C22H20FNO7/c1-4-21(18(25)14-5-9-15(23)10-6-14)17(13-7-11-16(12-8-13)24(28)29)22(21,19(26)30-2)20(27)31-3/h5-12,17H,4H2,1-3H3/t17-,21-/m0/s1. The molecule has 31 heavy (non-hydrogen) atoms. The van der Waals surface area contributed by atoms with Gasteiger partial charge in [0.1, 0.15) is 5.82 Å². The van der Waals surface area contributed by atoms with E-state index in [1.54, 1.807) is 6.92 Å². The number of nitrogens with zero attached hydrogens (tertiary/aromatic N) is 1. The highest BCUT2D eigenvalue weighted by molar-refractivity contribution is 6.18. The van der Waals surface area contributed by atoms with Crippen molar-refractivity contribution in [2.45, 2.75) is 19.3 Å². The molecule has 0 saturated heterocycles. The van der Waals surface area contributed by atoms with E-state index in [-0.39, 0.29) is 17.7 Å². The Kier molecular flexibility index (Phi) is 5.62. The molecule has 1 fully saturated rings. The van der Waals surface area contributed by atoms with E-state index in [0.717, 1.165) is 26.4 Å². The van der Waals surface area contributed by atoms with Crippen molar-refractivity contribution >= 4 is 23.4 Å². The van der Waals surface area contributed by atoms with Gasteiger partial charge in [-0.3, -0.25) is 24.5 Å². The monoisotopic (exact) mass is 429 g/mol. The number of methoxy groups -OCH3 is 2. The maximum absolute atomic E-state index is 13.6. The normalized spacial score (nSPS) is 21.1. The number of non-ortho nitro benzene ring substituents is 1. The molecule has 162 valence electrons. The van der Waals surface area contributed by atoms with Crippen LogP contribution in [0.15, 0.2) is 48.5 Å². The van der Waals surface area contributed by atoms with Crippen molar-refractivity contribution in [3.05, 3.63) is 75.6 Å². The summed E-state index contributed by atoms with van der Waals surface area (Å²) in [5, 5.41) is 11.0. The zero-order valence-corrected chi connectivity index (χ0v) is 17.1. The molecular weight excluding hydrogens is 409 g/mol. The second-order valence-electron chi connectivity index (χ2n) is 7.23. The number of carbonyl (C=O) groups excluding carboxylic acids is 3. The van der Waals surface area contributed by atoms with Crippen LogP contribution >= 0.6 is 0 Å². The minimum Gasteiger partial charge on any atom is -0.468 e. The van der Waals surface area contributed by atoms with E-state index in [0.29, 0.717) is 5.56 Å². The minimum absolute atomic E-state index is 0.0645. The van der Waals surface area contributed by atoms with Crippen LogP contribution < -0.4 is 0 Å². The summed E-state index contributed by atoms with van der Waals surface area (Å²) in [4.78, 5) is 50.0.